The Bertz CT molecular complexity index is 609. The molecular weight excluding hydrogens is 258 g/mol. The lowest BCUT2D eigenvalue weighted by Crippen LogP contribution is -2.24. The Morgan fingerprint density at radius 2 is 1.86 bits per heavy atom. The molecule has 3 nitrogen and oxygen atoms in total. The first kappa shape index (κ1) is 13.1. The van der Waals surface area contributed by atoms with E-state index in [2.05, 4.69) is 40.2 Å². The Hall–Kier alpha value is -1.61. The molecule has 2 heterocycles. The van der Waals surface area contributed by atoms with E-state index in [0.29, 0.717) is 5.92 Å². The van der Waals surface area contributed by atoms with E-state index in [9.17, 15) is 0 Å². The van der Waals surface area contributed by atoms with Gasteiger partial charge in [0.05, 0.1) is 5.69 Å². The van der Waals surface area contributed by atoms with Gasteiger partial charge in [-0.05, 0) is 25.0 Å². The smallest absolute Gasteiger partial charge is 0.116 e. The van der Waals surface area contributed by atoms with Crippen LogP contribution in [0.4, 0.5) is 0 Å². The fraction of sp³-hybridized carbons (Fsp3) is 0.500. The zero-order valence-electron chi connectivity index (χ0n) is 12.5. The third kappa shape index (κ3) is 2.40. The van der Waals surface area contributed by atoms with Gasteiger partial charge >= 0.3 is 0 Å². The van der Waals surface area contributed by atoms with Gasteiger partial charge in [0.15, 0.2) is 0 Å². The van der Waals surface area contributed by atoms with Crippen molar-refractivity contribution in [1.29, 1.82) is 0 Å². The average molecular weight is 281 g/mol. The molecule has 1 N–H and O–H groups in total. The number of nitrogens with one attached hydrogen (secondary N) is 1. The highest BCUT2D eigenvalue weighted by Gasteiger charge is 2.26. The van der Waals surface area contributed by atoms with Crippen molar-refractivity contribution in [3.63, 3.8) is 0 Å². The van der Waals surface area contributed by atoms with E-state index in [1.807, 2.05) is 0 Å². The number of rotatable bonds is 2. The highest BCUT2D eigenvalue weighted by molar-refractivity contribution is 5.39. The largest absolute Gasteiger partial charge is 0.311 e. The Balaban J connectivity index is 1.83. The van der Waals surface area contributed by atoms with Gasteiger partial charge in [0.1, 0.15) is 5.82 Å². The predicted molar refractivity (Wildman–Crippen MR) is 84.8 cm³/mol. The lowest BCUT2D eigenvalue weighted by atomic mass is 9.88. The minimum atomic E-state index is 0.643. The van der Waals surface area contributed by atoms with E-state index in [0.717, 1.165) is 19.5 Å². The molecule has 2 aromatic rings. The highest BCUT2D eigenvalue weighted by Crippen LogP contribution is 2.35. The molecule has 1 aliphatic heterocycles. The third-order valence-corrected chi connectivity index (χ3v) is 4.90. The van der Waals surface area contributed by atoms with E-state index in [4.69, 9.17) is 4.98 Å². The van der Waals surface area contributed by atoms with Crippen molar-refractivity contribution in [2.75, 3.05) is 6.54 Å². The number of benzene rings is 1. The number of nitrogens with zero attached hydrogens (tertiary/aromatic N) is 2. The maximum Gasteiger partial charge on any atom is 0.116 e. The number of imidazole rings is 1. The number of hydrogen-bond donors (Lipinski definition) is 1. The van der Waals surface area contributed by atoms with Crippen LogP contribution in [0.3, 0.4) is 0 Å². The molecule has 0 amide bonds. The summed E-state index contributed by atoms with van der Waals surface area (Å²) >= 11 is 0. The van der Waals surface area contributed by atoms with Gasteiger partial charge in [-0.3, -0.25) is 0 Å². The maximum atomic E-state index is 5.05. The maximum absolute atomic E-state index is 5.05. The van der Waals surface area contributed by atoms with Crippen LogP contribution in [-0.4, -0.2) is 16.1 Å². The molecule has 0 unspecified atom stereocenters. The zero-order valence-corrected chi connectivity index (χ0v) is 12.5. The lowest BCUT2D eigenvalue weighted by molar-refractivity contribution is 0.425. The Labute approximate surface area is 126 Å². The molecular formula is C18H23N3. The van der Waals surface area contributed by atoms with Gasteiger partial charge in [-0.15, -0.1) is 0 Å². The monoisotopic (exact) mass is 281 g/mol. The van der Waals surface area contributed by atoms with Crippen molar-refractivity contribution in [3.8, 4) is 5.69 Å². The molecule has 1 fully saturated rings. The molecule has 21 heavy (non-hydrogen) atoms. The number of aromatic nitrogens is 2. The molecule has 110 valence electrons. The van der Waals surface area contributed by atoms with Gasteiger partial charge < -0.3 is 9.88 Å². The minimum Gasteiger partial charge on any atom is -0.311 e. The van der Waals surface area contributed by atoms with Gasteiger partial charge in [0.25, 0.3) is 0 Å². The number of para-hydroxylation sites is 1. The van der Waals surface area contributed by atoms with Crippen LogP contribution in [0.25, 0.3) is 5.69 Å². The lowest BCUT2D eigenvalue weighted by Gasteiger charge is -2.23. The third-order valence-electron chi connectivity index (χ3n) is 4.90. The van der Waals surface area contributed by atoms with E-state index in [1.165, 1.54) is 55.0 Å². The minimum absolute atomic E-state index is 0.643. The molecule has 1 saturated carbocycles. The standard InChI is InChI=1S/C18H23N3/c1-3-7-14(8-4-1)18-20-16-13-19-12-11-17(16)21(18)15-9-5-2-6-10-15/h2,5-6,9-10,14,19H,1,3-4,7-8,11-13H2. The first-order chi connectivity index (χ1) is 10.4. The van der Waals surface area contributed by atoms with E-state index >= 15 is 0 Å². The van der Waals surface area contributed by atoms with Gasteiger partial charge in [-0.1, -0.05) is 37.5 Å². The molecule has 1 aromatic heterocycles. The van der Waals surface area contributed by atoms with Crippen molar-refractivity contribution >= 4 is 0 Å². The second-order valence-electron chi connectivity index (χ2n) is 6.30. The number of hydrogen-bond acceptors (Lipinski definition) is 2. The Kier molecular flexibility index (Phi) is 3.52. The summed E-state index contributed by atoms with van der Waals surface area (Å²) < 4.78 is 2.46. The second-order valence-corrected chi connectivity index (χ2v) is 6.30. The molecule has 2 aliphatic rings. The molecule has 0 spiro atoms. The van der Waals surface area contributed by atoms with Crippen LogP contribution in [-0.2, 0) is 13.0 Å². The molecule has 0 bridgehead atoms. The fourth-order valence-electron chi connectivity index (χ4n) is 3.83. The van der Waals surface area contributed by atoms with Crippen LogP contribution in [0, 0.1) is 0 Å². The summed E-state index contributed by atoms with van der Waals surface area (Å²) in [6.07, 6.45) is 7.80. The molecule has 1 aromatic carbocycles. The first-order valence-corrected chi connectivity index (χ1v) is 8.30. The van der Waals surface area contributed by atoms with Crippen LogP contribution < -0.4 is 5.32 Å². The van der Waals surface area contributed by atoms with Crippen LogP contribution >= 0.6 is 0 Å². The quantitative estimate of drug-likeness (QED) is 0.912. The molecule has 0 radical (unpaired) electrons. The summed E-state index contributed by atoms with van der Waals surface area (Å²) in [5, 5.41) is 3.46. The van der Waals surface area contributed by atoms with Crippen molar-refractivity contribution in [2.45, 2.75) is 51.0 Å². The van der Waals surface area contributed by atoms with Gasteiger partial charge in [-0.25, -0.2) is 4.98 Å². The summed E-state index contributed by atoms with van der Waals surface area (Å²) in [4.78, 5) is 5.05. The van der Waals surface area contributed by atoms with Crippen molar-refractivity contribution in [2.24, 2.45) is 0 Å². The predicted octanol–water partition coefficient (Wildman–Crippen LogP) is 3.57. The normalized spacial score (nSPS) is 19.4. The SMILES string of the molecule is c1ccc(-n2c(C3CCCCC3)nc3c2CCNC3)cc1. The van der Waals surface area contributed by atoms with E-state index in [1.54, 1.807) is 0 Å². The van der Waals surface area contributed by atoms with Gasteiger partial charge in [0, 0.05) is 36.8 Å². The first-order valence-electron chi connectivity index (χ1n) is 8.30. The number of fused-ring (bicyclic) bond motifs is 1. The molecule has 3 heteroatoms. The zero-order chi connectivity index (χ0) is 14.1. The molecule has 0 saturated heterocycles. The summed E-state index contributed by atoms with van der Waals surface area (Å²) in [7, 11) is 0. The molecule has 4 rings (SSSR count). The highest BCUT2D eigenvalue weighted by atomic mass is 15.1. The van der Waals surface area contributed by atoms with Crippen molar-refractivity contribution in [1.82, 2.24) is 14.9 Å². The van der Waals surface area contributed by atoms with Crippen LogP contribution in [0.1, 0.15) is 55.2 Å². The molecule has 1 aliphatic carbocycles. The summed E-state index contributed by atoms with van der Waals surface area (Å²) in [6, 6.07) is 10.8. The fourth-order valence-corrected chi connectivity index (χ4v) is 3.83. The summed E-state index contributed by atoms with van der Waals surface area (Å²) in [6.45, 7) is 1.99. The van der Waals surface area contributed by atoms with Crippen molar-refractivity contribution in [3.05, 3.63) is 47.5 Å². The van der Waals surface area contributed by atoms with Crippen LogP contribution in [0.2, 0.25) is 0 Å². The van der Waals surface area contributed by atoms with E-state index < -0.39 is 0 Å². The van der Waals surface area contributed by atoms with Gasteiger partial charge in [0.2, 0.25) is 0 Å². The summed E-state index contributed by atoms with van der Waals surface area (Å²) in [5.74, 6) is 1.96. The topological polar surface area (TPSA) is 29.9 Å². The second kappa shape index (κ2) is 5.64. The van der Waals surface area contributed by atoms with Crippen LogP contribution in [0.5, 0.6) is 0 Å². The van der Waals surface area contributed by atoms with Crippen molar-refractivity contribution < 1.29 is 0 Å². The van der Waals surface area contributed by atoms with E-state index in [-0.39, 0.29) is 0 Å². The van der Waals surface area contributed by atoms with Gasteiger partial charge in [-0.2, -0.15) is 0 Å². The summed E-state index contributed by atoms with van der Waals surface area (Å²) in [5.41, 5.74) is 3.99. The Morgan fingerprint density at radius 3 is 2.67 bits per heavy atom. The van der Waals surface area contributed by atoms with Crippen LogP contribution in [0.15, 0.2) is 30.3 Å². The average Bonchev–Trinajstić information content (AvgIpc) is 2.96. The molecule has 0 atom stereocenters. The Morgan fingerprint density at radius 1 is 1.05 bits per heavy atom.